The quantitative estimate of drug-likeness (QED) is 0.815. The molecule has 0 saturated carbocycles. The molecule has 1 N–H and O–H groups in total. The molecule has 2 rings (SSSR count). The first kappa shape index (κ1) is 14.0. The monoisotopic (exact) mass is 263 g/mol. The second kappa shape index (κ2) is 6.68. The molecule has 1 aliphatic rings. The van der Waals surface area contributed by atoms with E-state index >= 15 is 0 Å². The van der Waals surface area contributed by atoms with Crippen LogP contribution in [0.3, 0.4) is 0 Å². The van der Waals surface area contributed by atoms with Gasteiger partial charge in [0, 0.05) is 12.6 Å². The fourth-order valence-electron chi connectivity index (χ4n) is 2.64. The van der Waals surface area contributed by atoms with Crippen LogP contribution in [-0.4, -0.2) is 42.3 Å². The van der Waals surface area contributed by atoms with Crippen molar-refractivity contribution in [2.24, 2.45) is 0 Å². The SMILES string of the molecule is COC(=O)Cc1ccccc1CN1CCC[C@H]1CO. The average Bonchev–Trinajstić information content (AvgIpc) is 2.88. The Morgan fingerprint density at radius 1 is 1.42 bits per heavy atom. The Kier molecular flexibility index (Phi) is 4.93. The smallest absolute Gasteiger partial charge is 0.309 e. The lowest BCUT2D eigenvalue weighted by Gasteiger charge is -2.23. The molecular formula is C15H21NO3. The summed E-state index contributed by atoms with van der Waals surface area (Å²) >= 11 is 0. The number of likely N-dealkylation sites (tertiary alicyclic amines) is 1. The van der Waals surface area contributed by atoms with Gasteiger partial charge in [0.1, 0.15) is 0 Å². The number of esters is 1. The number of ether oxygens (including phenoxy) is 1. The minimum absolute atomic E-state index is 0.208. The number of carbonyl (C=O) groups is 1. The van der Waals surface area contributed by atoms with Crippen molar-refractivity contribution in [2.45, 2.75) is 31.8 Å². The van der Waals surface area contributed by atoms with E-state index < -0.39 is 0 Å². The van der Waals surface area contributed by atoms with Crippen LogP contribution in [0.5, 0.6) is 0 Å². The molecule has 1 fully saturated rings. The highest BCUT2D eigenvalue weighted by molar-refractivity contribution is 5.72. The first-order valence-electron chi connectivity index (χ1n) is 6.73. The van der Waals surface area contributed by atoms with E-state index in [0.29, 0.717) is 6.42 Å². The summed E-state index contributed by atoms with van der Waals surface area (Å²) in [6.07, 6.45) is 2.49. The van der Waals surface area contributed by atoms with Gasteiger partial charge in [-0.2, -0.15) is 0 Å². The number of rotatable bonds is 5. The molecule has 0 aliphatic carbocycles. The van der Waals surface area contributed by atoms with Crippen molar-refractivity contribution >= 4 is 5.97 Å². The molecule has 0 unspecified atom stereocenters. The normalized spacial score (nSPS) is 19.6. The van der Waals surface area contributed by atoms with E-state index in [1.807, 2.05) is 24.3 Å². The lowest BCUT2D eigenvalue weighted by molar-refractivity contribution is -0.139. The molecule has 4 heteroatoms. The van der Waals surface area contributed by atoms with Crippen molar-refractivity contribution in [1.82, 2.24) is 4.90 Å². The number of methoxy groups -OCH3 is 1. The van der Waals surface area contributed by atoms with Gasteiger partial charge in [0.25, 0.3) is 0 Å². The maximum atomic E-state index is 11.4. The van der Waals surface area contributed by atoms with Crippen molar-refractivity contribution in [2.75, 3.05) is 20.3 Å². The van der Waals surface area contributed by atoms with E-state index in [1.165, 1.54) is 7.11 Å². The van der Waals surface area contributed by atoms with Gasteiger partial charge in [-0.3, -0.25) is 9.69 Å². The van der Waals surface area contributed by atoms with Crippen LogP contribution in [0.25, 0.3) is 0 Å². The van der Waals surface area contributed by atoms with E-state index in [0.717, 1.165) is 37.1 Å². The summed E-state index contributed by atoms with van der Waals surface area (Å²) in [4.78, 5) is 13.7. The zero-order chi connectivity index (χ0) is 13.7. The standard InChI is InChI=1S/C15H21NO3/c1-19-15(18)9-12-5-2-3-6-13(12)10-16-8-4-7-14(16)11-17/h2-3,5-6,14,17H,4,7-11H2,1H3/t14-/m0/s1. The number of aliphatic hydroxyl groups is 1. The molecule has 19 heavy (non-hydrogen) atoms. The van der Waals surface area contributed by atoms with E-state index in [2.05, 4.69) is 4.90 Å². The largest absolute Gasteiger partial charge is 0.469 e. The summed E-state index contributed by atoms with van der Waals surface area (Å²) in [5.74, 6) is -0.215. The van der Waals surface area contributed by atoms with Gasteiger partial charge in [0.05, 0.1) is 20.1 Å². The Morgan fingerprint density at radius 2 is 2.16 bits per heavy atom. The zero-order valence-corrected chi connectivity index (χ0v) is 11.3. The Bertz CT molecular complexity index is 433. The van der Waals surface area contributed by atoms with Crippen LogP contribution >= 0.6 is 0 Å². The fraction of sp³-hybridized carbons (Fsp3) is 0.533. The van der Waals surface area contributed by atoms with Gasteiger partial charge in [0.2, 0.25) is 0 Å². The molecule has 1 saturated heterocycles. The minimum atomic E-state index is -0.215. The fourth-order valence-corrected chi connectivity index (χ4v) is 2.64. The highest BCUT2D eigenvalue weighted by Crippen LogP contribution is 2.21. The third-order valence-electron chi connectivity index (χ3n) is 3.76. The van der Waals surface area contributed by atoms with Crippen LogP contribution in [0.15, 0.2) is 24.3 Å². The van der Waals surface area contributed by atoms with Crippen molar-refractivity contribution in [3.63, 3.8) is 0 Å². The summed E-state index contributed by atoms with van der Waals surface area (Å²) in [5.41, 5.74) is 2.16. The summed E-state index contributed by atoms with van der Waals surface area (Å²) in [6.45, 7) is 2.01. The van der Waals surface area contributed by atoms with Gasteiger partial charge in [-0.1, -0.05) is 24.3 Å². The highest BCUT2D eigenvalue weighted by Gasteiger charge is 2.24. The van der Waals surface area contributed by atoms with Gasteiger partial charge in [-0.05, 0) is 30.5 Å². The first-order valence-corrected chi connectivity index (χ1v) is 6.73. The molecule has 0 spiro atoms. The predicted octanol–water partition coefficient (Wildman–Crippen LogP) is 1.36. The molecule has 1 atom stereocenters. The Balaban J connectivity index is 2.09. The summed E-state index contributed by atoms with van der Waals surface area (Å²) in [6, 6.07) is 8.20. The maximum Gasteiger partial charge on any atom is 0.309 e. The molecular weight excluding hydrogens is 242 g/mol. The Hall–Kier alpha value is -1.39. The summed E-state index contributed by atoms with van der Waals surface area (Å²) in [5, 5.41) is 9.35. The molecule has 1 aromatic carbocycles. The summed E-state index contributed by atoms with van der Waals surface area (Å²) < 4.78 is 4.73. The van der Waals surface area contributed by atoms with Crippen LogP contribution in [0.1, 0.15) is 24.0 Å². The van der Waals surface area contributed by atoms with E-state index in [9.17, 15) is 9.90 Å². The molecule has 4 nitrogen and oxygen atoms in total. The molecule has 0 bridgehead atoms. The van der Waals surface area contributed by atoms with E-state index in [-0.39, 0.29) is 18.6 Å². The highest BCUT2D eigenvalue weighted by atomic mass is 16.5. The van der Waals surface area contributed by atoms with Gasteiger partial charge in [0.15, 0.2) is 0 Å². The number of aliphatic hydroxyl groups excluding tert-OH is 1. The van der Waals surface area contributed by atoms with Crippen LogP contribution in [-0.2, 0) is 22.5 Å². The lowest BCUT2D eigenvalue weighted by atomic mass is 10.0. The van der Waals surface area contributed by atoms with Crippen LogP contribution in [0.2, 0.25) is 0 Å². The number of benzene rings is 1. The molecule has 0 aromatic heterocycles. The number of carbonyl (C=O) groups excluding carboxylic acids is 1. The Labute approximate surface area is 114 Å². The maximum absolute atomic E-state index is 11.4. The molecule has 0 amide bonds. The second-order valence-electron chi connectivity index (χ2n) is 4.97. The predicted molar refractivity (Wildman–Crippen MR) is 72.7 cm³/mol. The van der Waals surface area contributed by atoms with E-state index in [1.54, 1.807) is 0 Å². The van der Waals surface area contributed by atoms with Gasteiger partial charge in [-0.25, -0.2) is 0 Å². The van der Waals surface area contributed by atoms with Crippen molar-refractivity contribution in [1.29, 1.82) is 0 Å². The van der Waals surface area contributed by atoms with E-state index in [4.69, 9.17) is 4.74 Å². The Morgan fingerprint density at radius 3 is 2.84 bits per heavy atom. The first-order chi connectivity index (χ1) is 9.24. The lowest BCUT2D eigenvalue weighted by Crippen LogP contribution is -2.32. The number of nitrogens with zero attached hydrogens (tertiary/aromatic N) is 1. The van der Waals surface area contributed by atoms with Gasteiger partial charge < -0.3 is 9.84 Å². The van der Waals surface area contributed by atoms with Crippen LogP contribution in [0, 0.1) is 0 Å². The van der Waals surface area contributed by atoms with Gasteiger partial charge in [-0.15, -0.1) is 0 Å². The van der Waals surface area contributed by atoms with Crippen molar-refractivity contribution in [3.8, 4) is 0 Å². The molecule has 104 valence electrons. The van der Waals surface area contributed by atoms with Crippen LogP contribution in [0.4, 0.5) is 0 Å². The molecule has 1 heterocycles. The zero-order valence-electron chi connectivity index (χ0n) is 11.3. The molecule has 1 aliphatic heterocycles. The third kappa shape index (κ3) is 3.55. The number of hydrogen-bond acceptors (Lipinski definition) is 4. The molecule has 1 aromatic rings. The van der Waals surface area contributed by atoms with Crippen molar-refractivity contribution in [3.05, 3.63) is 35.4 Å². The second-order valence-corrected chi connectivity index (χ2v) is 4.97. The topological polar surface area (TPSA) is 49.8 Å². The van der Waals surface area contributed by atoms with Gasteiger partial charge >= 0.3 is 5.97 Å². The molecule has 0 radical (unpaired) electrons. The third-order valence-corrected chi connectivity index (χ3v) is 3.76. The summed E-state index contributed by atoms with van der Waals surface area (Å²) in [7, 11) is 1.41. The van der Waals surface area contributed by atoms with Crippen LogP contribution < -0.4 is 0 Å². The minimum Gasteiger partial charge on any atom is -0.469 e. The average molecular weight is 263 g/mol. The van der Waals surface area contributed by atoms with Crippen molar-refractivity contribution < 1.29 is 14.6 Å². The number of hydrogen-bond donors (Lipinski definition) is 1.